The predicted octanol–water partition coefficient (Wildman–Crippen LogP) is 3.15. The zero-order chi connectivity index (χ0) is 25.3. The summed E-state index contributed by atoms with van der Waals surface area (Å²) in [5, 5.41) is 20.3. The molecule has 0 radical (unpaired) electrons. The van der Waals surface area contributed by atoms with Crippen LogP contribution in [0.1, 0.15) is 35.6 Å². The molecule has 7 nitrogen and oxygen atoms in total. The largest absolute Gasteiger partial charge is 0.491 e. The number of nitrogens with zero attached hydrogens (tertiary/aromatic N) is 2. The van der Waals surface area contributed by atoms with Gasteiger partial charge < -0.3 is 29.3 Å². The molecule has 2 saturated heterocycles. The number of rotatable bonds is 11. The average molecular weight is 519 g/mol. The van der Waals surface area contributed by atoms with Crippen LogP contribution < -0.4 is 4.74 Å². The van der Waals surface area contributed by atoms with E-state index in [0.29, 0.717) is 37.5 Å². The summed E-state index contributed by atoms with van der Waals surface area (Å²) in [5.74, 6) is 0.820. The Morgan fingerprint density at radius 1 is 1.00 bits per heavy atom. The molecule has 0 bridgehead atoms. The minimum Gasteiger partial charge on any atom is -0.491 e. The van der Waals surface area contributed by atoms with E-state index in [1.165, 1.54) is 0 Å². The number of aliphatic hydroxyl groups excluding tert-OH is 2. The summed E-state index contributed by atoms with van der Waals surface area (Å²) < 4.78 is 17.6. The van der Waals surface area contributed by atoms with Crippen LogP contribution in [-0.2, 0) is 15.9 Å². The fourth-order valence-electron chi connectivity index (χ4n) is 4.76. The van der Waals surface area contributed by atoms with Gasteiger partial charge in [0, 0.05) is 50.6 Å². The van der Waals surface area contributed by atoms with E-state index in [2.05, 4.69) is 29.0 Å². The molecular weight excluding hydrogens is 480 g/mol. The molecule has 2 unspecified atom stereocenters. The molecule has 2 N–H and O–H groups in total. The normalized spacial score (nSPS) is 23.6. The van der Waals surface area contributed by atoms with Crippen LogP contribution >= 0.6 is 11.6 Å². The third-order valence-electron chi connectivity index (χ3n) is 6.99. The first-order valence-electron chi connectivity index (χ1n) is 12.9. The summed E-state index contributed by atoms with van der Waals surface area (Å²) in [6.07, 6.45) is 0.596. The topological polar surface area (TPSA) is 74.6 Å². The average Bonchev–Trinajstić information content (AvgIpc) is 2.89. The van der Waals surface area contributed by atoms with Crippen molar-refractivity contribution in [2.75, 3.05) is 66.2 Å². The van der Waals surface area contributed by atoms with Gasteiger partial charge in [-0.05, 0) is 48.4 Å². The number of ether oxygens (including phenoxy) is 3. The predicted molar refractivity (Wildman–Crippen MR) is 141 cm³/mol. The maximum absolute atomic E-state index is 10.2. The summed E-state index contributed by atoms with van der Waals surface area (Å²) in [5.41, 5.74) is 3.10. The van der Waals surface area contributed by atoms with Crippen molar-refractivity contribution in [2.24, 2.45) is 0 Å². The van der Waals surface area contributed by atoms with Gasteiger partial charge in [-0.25, -0.2) is 0 Å². The first-order valence-corrected chi connectivity index (χ1v) is 13.3. The molecule has 2 fully saturated rings. The van der Waals surface area contributed by atoms with Crippen molar-refractivity contribution in [3.05, 3.63) is 64.2 Å². The second-order valence-corrected chi connectivity index (χ2v) is 10.2. The molecule has 2 aromatic carbocycles. The Balaban J connectivity index is 1.21. The number of benzene rings is 2. The van der Waals surface area contributed by atoms with E-state index < -0.39 is 6.10 Å². The van der Waals surface area contributed by atoms with Crippen LogP contribution in [0.25, 0.3) is 0 Å². The molecule has 0 saturated carbocycles. The van der Waals surface area contributed by atoms with Gasteiger partial charge in [0.05, 0.1) is 38.1 Å². The third kappa shape index (κ3) is 8.15. The van der Waals surface area contributed by atoms with E-state index in [1.54, 1.807) is 0 Å². The van der Waals surface area contributed by atoms with Gasteiger partial charge >= 0.3 is 0 Å². The molecule has 198 valence electrons. The van der Waals surface area contributed by atoms with Gasteiger partial charge in [-0.2, -0.15) is 0 Å². The van der Waals surface area contributed by atoms with Crippen molar-refractivity contribution in [3.63, 3.8) is 0 Å². The minimum atomic E-state index is -0.477. The van der Waals surface area contributed by atoms with Gasteiger partial charge in [-0.1, -0.05) is 35.9 Å². The molecular formula is C28H39ClN2O5. The SMILES string of the molecule is CN1CCN(CCOCCOc2ccc(Cc3cc([C@@H]4CC(O)CC(CO)O4)ccc3Cl)cc2)CC1. The number of hydrogen-bond donors (Lipinski definition) is 2. The number of likely N-dealkylation sites (N-methyl/N-ethyl adjacent to an activating group) is 1. The van der Waals surface area contributed by atoms with Crippen molar-refractivity contribution in [1.29, 1.82) is 0 Å². The maximum Gasteiger partial charge on any atom is 0.119 e. The van der Waals surface area contributed by atoms with E-state index in [-0.39, 0.29) is 18.8 Å². The van der Waals surface area contributed by atoms with Crippen molar-refractivity contribution in [1.82, 2.24) is 9.80 Å². The smallest absolute Gasteiger partial charge is 0.119 e. The van der Waals surface area contributed by atoms with Crippen LogP contribution in [0, 0.1) is 0 Å². The highest BCUT2D eigenvalue weighted by Crippen LogP contribution is 2.33. The molecule has 4 rings (SSSR count). The van der Waals surface area contributed by atoms with E-state index in [0.717, 1.165) is 61.8 Å². The molecule has 2 heterocycles. The highest BCUT2D eigenvalue weighted by molar-refractivity contribution is 6.31. The summed E-state index contributed by atoms with van der Waals surface area (Å²) >= 11 is 6.49. The highest BCUT2D eigenvalue weighted by Gasteiger charge is 2.29. The molecule has 0 spiro atoms. The van der Waals surface area contributed by atoms with Gasteiger partial charge in [0.1, 0.15) is 12.4 Å². The van der Waals surface area contributed by atoms with Crippen LogP contribution in [0.15, 0.2) is 42.5 Å². The second kappa shape index (κ2) is 13.7. The molecule has 8 heteroatoms. The number of aliphatic hydroxyl groups is 2. The van der Waals surface area contributed by atoms with Gasteiger partial charge in [0.2, 0.25) is 0 Å². The Morgan fingerprint density at radius 3 is 2.53 bits per heavy atom. The number of piperazine rings is 1. The van der Waals surface area contributed by atoms with E-state index in [4.69, 9.17) is 25.8 Å². The Labute approximate surface area is 219 Å². The number of halogens is 1. The fraction of sp³-hybridized carbons (Fsp3) is 0.571. The Morgan fingerprint density at radius 2 is 1.78 bits per heavy atom. The van der Waals surface area contributed by atoms with E-state index >= 15 is 0 Å². The van der Waals surface area contributed by atoms with Crippen LogP contribution in [0.2, 0.25) is 5.02 Å². The molecule has 2 aliphatic heterocycles. The van der Waals surface area contributed by atoms with Gasteiger partial charge in [0.15, 0.2) is 0 Å². The van der Waals surface area contributed by atoms with Crippen molar-refractivity contribution >= 4 is 11.6 Å². The molecule has 2 aromatic rings. The molecule has 0 aliphatic carbocycles. The van der Waals surface area contributed by atoms with Crippen LogP contribution in [0.4, 0.5) is 0 Å². The molecule has 2 aliphatic rings. The number of hydrogen-bond acceptors (Lipinski definition) is 7. The fourth-order valence-corrected chi connectivity index (χ4v) is 4.95. The zero-order valence-electron chi connectivity index (χ0n) is 21.2. The molecule has 0 amide bonds. The summed E-state index contributed by atoms with van der Waals surface area (Å²) in [6.45, 7) is 7.19. The standard InChI is InChI=1S/C28H39ClN2O5/c1-30-8-10-31(11-9-30)12-13-34-14-15-35-25-5-2-21(3-6-25)16-23-17-22(4-7-27(23)29)28-19-24(33)18-26(20-32)36-28/h2-7,17,24,26,28,32-33H,8-16,18-20H2,1H3/t24?,26?,28-/m0/s1. The Hall–Kier alpha value is -1.71. The van der Waals surface area contributed by atoms with Crippen molar-refractivity contribution in [3.8, 4) is 5.75 Å². The second-order valence-electron chi connectivity index (χ2n) is 9.83. The van der Waals surface area contributed by atoms with Crippen LogP contribution in [0.3, 0.4) is 0 Å². The summed E-state index contributed by atoms with van der Waals surface area (Å²) in [6, 6.07) is 13.9. The third-order valence-corrected chi connectivity index (χ3v) is 7.35. The van der Waals surface area contributed by atoms with Crippen molar-refractivity contribution < 1.29 is 24.4 Å². The quantitative estimate of drug-likeness (QED) is 0.443. The molecule has 36 heavy (non-hydrogen) atoms. The lowest BCUT2D eigenvalue weighted by Gasteiger charge is -2.32. The lowest BCUT2D eigenvalue weighted by atomic mass is 9.94. The first kappa shape index (κ1) is 27.3. The molecule has 0 aromatic heterocycles. The van der Waals surface area contributed by atoms with E-state index in [9.17, 15) is 10.2 Å². The van der Waals surface area contributed by atoms with Crippen molar-refractivity contribution in [2.45, 2.75) is 37.6 Å². The lowest BCUT2D eigenvalue weighted by molar-refractivity contribution is -0.113. The summed E-state index contributed by atoms with van der Waals surface area (Å²) in [4.78, 5) is 4.80. The van der Waals surface area contributed by atoms with E-state index in [1.807, 2.05) is 30.3 Å². The molecule has 3 atom stereocenters. The Bertz CT molecular complexity index is 936. The van der Waals surface area contributed by atoms with Gasteiger partial charge in [-0.15, -0.1) is 0 Å². The zero-order valence-corrected chi connectivity index (χ0v) is 21.9. The monoisotopic (exact) mass is 518 g/mol. The first-order chi connectivity index (χ1) is 17.5. The Kier molecular flexibility index (Phi) is 10.4. The van der Waals surface area contributed by atoms with Crippen LogP contribution in [0.5, 0.6) is 5.75 Å². The minimum absolute atomic E-state index is 0.0921. The van der Waals surface area contributed by atoms with Crippen LogP contribution in [-0.4, -0.2) is 98.4 Å². The maximum atomic E-state index is 10.2. The van der Waals surface area contributed by atoms with Gasteiger partial charge in [0.25, 0.3) is 0 Å². The lowest BCUT2D eigenvalue weighted by Crippen LogP contribution is -2.45. The highest BCUT2D eigenvalue weighted by atomic mass is 35.5. The summed E-state index contributed by atoms with van der Waals surface area (Å²) in [7, 11) is 2.17. The van der Waals surface area contributed by atoms with Gasteiger partial charge in [-0.3, -0.25) is 4.90 Å².